The molecule has 21 heavy (non-hydrogen) atoms. The van der Waals surface area contributed by atoms with Crippen molar-refractivity contribution in [3.63, 3.8) is 0 Å². The topological polar surface area (TPSA) is 32.3 Å². The molecule has 2 rings (SSSR count). The van der Waals surface area contributed by atoms with Gasteiger partial charge in [0.2, 0.25) is 0 Å². The van der Waals surface area contributed by atoms with E-state index >= 15 is 0 Å². The highest BCUT2D eigenvalue weighted by atomic mass is 35.5. The lowest BCUT2D eigenvalue weighted by molar-refractivity contribution is 0.0828. The van der Waals surface area contributed by atoms with Crippen molar-refractivity contribution in [3.8, 4) is 0 Å². The average Bonchev–Trinajstić information content (AvgIpc) is 2.65. The Bertz CT molecular complexity index is 502. The molecule has 2 unspecified atom stereocenters. The number of carbonyl (C=O) groups is 1. The van der Waals surface area contributed by atoms with Crippen molar-refractivity contribution in [3.05, 3.63) is 28.8 Å². The van der Waals surface area contributed by atoms with Gasteiger partial charge < -0.3 is 10.2 Å². The van der Waals surface area contributed by atoms with Crippen LogP contribution in [0, 0.1) is 5.92 Å². The summed E-state index contributed by atoms with van der Waals surface area (Å²) in [4.78, 5) is 13.7. The minimum absolute atomic E-state index is 0.0573. The molecule has 1 aromatic carbocycles. The Hall–Kier alpha value is -1.22. The smallest absolute Gasteiger partial charge is 0.254 e. The number of benzene rings is 1. The Kier molecular flexibility index (Phi) is 5.51. The van der Waals surface area contributed by atoms with Gasteiger partial charge >= 0.3 is 0 Å². The van der Waals surface area contributed by atoms with Crippen LogP contribution in [-0.4, -0.2) is 30.9 Å². The molecular formula is C17H25ClN2O. The highest BCUT2D eigenvalue weighted by molar-refractivity contribution is 6.34. The summed E-state index contributed by atoms with van der Waals surface area (Å²) in [6, 6.07) is 6.14. The second-order valence-electron chi connectivity index (χ2n) is 6.35. The van der Waals surface area contributed by atoms with Crippen LogP contribution in [0.15, 0.2) is 18.2 Å². The molecule has 3 nitrogen and oxygen atoms in total. The molecule has 1 amide bonds. The number of anilines is 1. The Morgan fingerprint density at radius 3 is 2.71 bits per heavy atom. The van der Waals surface area contributed by atoms with Crippen molar-refractivity contribution in [1.82, 2.24) is 4.90 Å². The van der Waals surface area contributed by atoms with Crippen LogP contribution in [0.1, 0.15) is 49.4 Å². The number of carbonyl (C=O) groups excluding carboxylic acids is 1. The van der Waals surface area contributed by atoms with Crippen molar-refractivity contribution in [2.75, 3.05) is 19.4 Å². The first-order valence-corrected chi connectivity index (χ1v) is 8.13. The summed E-state index contributed by atoms with van der Waals surface area (Å²) < 4.78 is 0. The van der Waals surface area contributed by atoms with Crippen molar-refractivity contribution in [1.29, 1.82) is 0 Å². The molecule has 0 saturated heterocycles. The van der Waals surface area contributed by atoms with Crippen molar-refractivity contribution in [2.24, 2.45) is 5.92 Å². The Labute approximate surface area is 132 Å². The number of nitrogens with one attached hydrogen (secondary N) is 1. The van der Waals surface area contributed by atoms with Gasteiger partial charge in [-0.15, -0.1) is 0 Å². The van der Waals surface area contributed by atoms with Crippen molar-refractivity contribution in [2.45, 2.75) is 45.1 Å². The van der Waals surface area contributed by atoms with Crippen LogP contribution >= 0.6 is 11.6 Å². The number of hydrogen-bond acceptors (Lipinski definition) is 2. The van der Waals surface area contributed by atoms with Gasteiger partial charge in [-0.25, -0.2) is 0 Å². The maximum atomic E-state index is 12.1. The lowest BCUT2D eigenvalue weighted by Gasteiger charge is -2.19. The monoisotopic (exact) mass is 308 g/mol. The number of halogens is 1. The van der Waals surface area contributed by atoms with E-state index < -0.39 is 0 Å². The highest BCUT2D eigenvalue weighted by Crippen LogP contribution is 2.27. The zero-order chi connectivity index (χ0) is 15.4. The van der Waals surface area contributed by atoms with Gasteiger partial charge in [-0.3, -0.25) is 4.79 Å². The fraction of sp³-hybridized carbons (Fsp3) is 0.588. The minimum atomic E-state index is -0.0573. The quantitative estimate of drug-likeness (QED) is 0.838. The van der Waals surface area contributed by atoms with E-state index in [1.165, 1.54) is 32.1 Å². The van der Waals surface area contributed by atoms with Crippen LogP contribution in [0.25, 0.3) is 0 Å². The third kappa shape index (κ3) is 4.37. The molecule has 0 aromatic heterocycles. The van der Waals surface area contributed by atoms with Crippen LogP contribution in [-0.2, 0) is 0 Å². The molecule has 1 saturated carbocycles. The standard InChI is InChI=1S/C17H25ClN2O/c1-12-5-4-6-13(8-7-12)19-14-9-10-16(18)15(11-14)17(21)20(2)3/h9-13,19H,4-8H2,1-3H3. The fourth-order valence-corrected chi connectivity index (χ4v) is 3.09. The molecule has 0 aliphatic heterocycles. The first kappa shape index (κ1) is 16.2. The van der Waals surface area contributed by atoms with E-state index in [0.717, 1.165) is 11.6 Å². The van der Waals surface area contributed by atoms with E-state index in [4.69, 9.17) is 11.6 Å². The van der Waals surface area contributed by atoms with Gasteiger partial charge in [-0.1, -0.05) is 31.4 Å². The van der Waals surface area contributed by atoms with Gasteiger partial charge in [0.15, 0.2) is 0 Å². The van der Waals surface area contributed by atoms with E-state index in [1.54, 1.807) is 25.1 Å². The molecule has 1 fully saturated rings. The van der Waals surface area contributed by atoms with Gasteiger partial charge in [0.25, 0.3) is 5.91 Å². The first-order chi connectivity index (χ1) is 9.97. The minimum Gasteiger partial charge on any atom is -0.382 e. The summed E-state index contributed by atoms with van der Waals surface area (Å²) in [7, 11) is 3.48. The third-order valence-corrected chi connectivity index (χ3v) is 4.56. The molecule has 0 radical (unpaired) electrons. The highest BCUT2D eigenvalue weighted by Gasteiger charge is 2.17. The van der Waals surface area contributed by atoms with E-state index in [1.807, 2.05) is 12.1 Å². The molecule has 0 spiro atoms. The van der Waals surface area contributed by atoms with E-state index in [0.29, 0.717) is 16.6 Å². The zero-order valence-corrected chi connectivity index (χ0v) is 13.9. The SMILES string of the molecule is CC1CCCC(Nc2ccc(Cl)c(C(=O)N(C)C)c2)CC1. The van der Waals surface area contributed by atoms with Crippen LogP contribution < -0.4 is 5.32 Å². The molecule has 1 aromatic rings. The summed E-state index contributed by atoms with van der Waals surface area (Å²) in [6.07, 6.45) is 6.26. The molecule has 1 N–H and O–H groups in total. The summed E-state index contributed by atoms with van der Waals surface area (Å²) >= 11 is 6.15. The number of rotatable bonds is 3. The van der Waals surface area contributed by atoms with Gasteiger partial charge in [0.05, 0.1) is 10.6 Å². The van der Waals surface area contributed by atoms with Gasteiger partial charge in [-0.2, -0.15) is 0 Å². The first-order valence-electron chi connectivity index (χ1n) is 7.75. The molecule has 2 atom stereocenters. The van der Waals surface area contributed by atoms with Crippen LogP contribution in [0.4, 0.5) is 5.69 Å². The van der Waals surface area contributed by atoms with Crippen molar-refractivity contribution >= 4 is 23.2 Å². The second kappa shape index (κ2) is 7.17. The third-order valence-electron chi connectivity index (χ3n) is 4.23. The number of nitrogens with zero attached hydrogens (tertiary/aromatic N) is 1. The summed E-state index contributed by atoms with van der Waals surface area (Å²) in [5.74, 6) is 0.769. The molecule has 116 valence electrons. The summed E-state index contributed by atoms with van der Waals surface area (Å²) in [6.45, 7) is 2.33. The van der Waals surface area contributed by atoms with Gasteiger partial charge in [-0.05, 0) is 43.4 Å². The maximum Gasteiger partial charge on any atom is 0.254 e. The van der Waals surface area contributed by atoms with Crippen molar-refractivity contribution < 1.29 is 4.79 Å². The Balaban J connectivity index is 2.10. The number of hydrogen-bond donors (Lipinski definition) is 1. The van der Waals surface area contributed by atoms with Gasteiger partial charge in [0.1, 0.15) is 0 Å². The largest absolute Gasteiger partial charge is 0.382 e. The summed E-state index contributed by atoms with van der Waals surface area (Å²) in [5, 5.41) is 4.08. The fourth-order valence-electron chi connectivity index (χ4n) is 2.89. The molecule has 4 heteroatoms. The van der Waals surface area contributed by atoms with E-state index in [9.17, 15) is 4.79 Å². The van der Waals surface area contributed by atoms with E-state index in [2.05, 4.69) is 12.2 Å². The van der Waals surface area contributed by atoms with E-state index in [-0.39, 0.29) is 5.91 Å². The predicted octanol–water partition coefficient (Wildman–Crippen LogP) is 4.42. The van der Waals surface area contributed by atoms with Crippen LogP contribution in [0.2, 0.25) is 5.02 Å². The molecule has 0 heterocycles. The lowest BCUT2D eigenvalue weighted by atomic mass is 10.0. The Morgan fingerprint density at radius 2 is 2.00 bits per heavy atom. The maximum absolute atomic E-state index is 12.1. The predicted molar refractivity (Wildman–Crippen MR) is 89.1 cm³/mol. The molecular weight excluding hydrogens is 284 g/mol. The average molecular weight is 309 g/mol. The van der Waals surface area contributed by atoms with Crippen LogP contribution in [0.3, 0.4) is 0 Å². The summed E-state index contributed by atoms with van der Waals surface area (Å²) in [5.41, 5.74) is 1.55. The number of amides is 1. The molecule has 1 aliphatic carbocycles. The molecule has 0 bridgehead atoms. The second-order valence-corrected chi connectivity index (χ2v) is 6.76. The lowest BCUT2D eigenvalue weighted by Crippen LogP contribution is -2.23. The van der Waals surface area contributed by atoms with Crippen LogP contribution in [0.5, 0.6) is 0 Å². The Morgan fingerprint density at radius 1 is 1.24 bits per heavy atom. The van der Waals surface area contributed by atoms with Gasteiger partial charge in [0, 0.05) is 25.8 Å². The normalized spacial score (nSPS) is 22.5. The zero-order valence-electron chi connectivity index (χ0n) is 13.2. The molecule has 1 aliphatic rings.